The molecule has 0 saturated heterocycles. The highest BCUT2D eigenvalue weighted by molar-refractivity contribution is 7.13. The van der Waals surface area contributed by atoms with E-state index in [4.69, 9.17) is 0 Å². The molecule has 68 valence electrons. The fraction of sp³-hybridized carbons (Fsp3) is 1.00. The van der Waals surface area contributed by atoms with Crippen LogP contribution in [0, 0.1) is 0 Å². The summed E-state index contributed by atoms with van der Waals surface area (Å²) in [6.45, 7) is 1.50. The van der Waals surface area contributed by atoms with Gasteiger partial charge in [0.2, 0.25) is 0 Å². The maximum Gasteiger partial charge on any atom is 0.116 e. The normalized spacial score (nSPS) is 15.5. The highest BCUT2D eigenvalue weighted by Crippen LogP contribution is 1.99. The van der Waals surface area contributed by atoms with Gasteiger partial charge >= 0.3 is 0 Å². The Balaban J connectivity index is 3.61. The fourth-order valence-electron chi connectivity index (χ4n) is 1.02. The van der Waals surface area contributed by atoms with Crippen molar-refractivity contribution in [2.75, 3.05) is 41.3 Å². The van der Waals surface area contributed by atoms with Crippen LogP contribution in [0.25, 0.3) is 0 Å². The molecule has 0 aromatic heterocycles. The Hall–Kier alpha value is 0.310. The Morgan fingerprint density at radius 2 is 1.91 bits per heavy atom. The first kappa shape index (κ1) is 11.3. The third kappa shape index (κ3) is 8.21. The van der Waals surface area contributed by atoms with E-state index in [9.17, 15) is 5.11 Å². The number of aliphatic hydroxyl groups is 1. The van der Waals surface area contributed by atoms with Crippen molar-refractivity contribution in [3.05, 3.63) is 0 Å². The van der Waals surface area contributed by atoms with Gasteiger partial charge in [-0.15, -0.1) is 0 Å². The van der Waals surface area contributed by atoms with Crippen molar-refractivity contribution >= 4 is 9.39 Å². The van der Waals surface area contributed by atoms with Crippen LogP contribution in [0.1, 0.15) is 0 Å². The fourth-order valence-corrected chi connectivity index (χ4v) is 1.27. The molecule has 3 nitrogen and oxygen atoms in total. The Labute approximate surface area is 71.8 Å². The van der Waals surface area contributed by atoms with Gasteiger partial charge in [-0.2, -0.15) is 0 Å². The van der Waals surface area contributed by atoms with E-state index in [-0.39, 0.29) is 6.10 Å². The molecule has 0 saturated carbocycles. The summed E-state index contributed by atoms with van der Waals surface area (Å²) in [4.78, 5) is 0. The lowest BCUT2D eigenvalue weighted by Crippen LogP contribution is -2.44. The second kappa shape index (κ2) is 4.36. The van der Waals surface area contributed by atoms with Gasteiger partial charge in [0, 0.05) is 6.54 Å². The first-order valence-electron chi connectivity index (χ1n) is 3.75. The molecule has 0 aromatic carbocycles. The van der Waals surface area contributed by atoms with Crippen LogP contribution in [0.2, 0.25) is 0 Å². The van der Waals surface area contributed by atoms with Crippen molar-refractivity contribution in [3.63, 3.8) is 0 Å². The molecule has 0 rings (SSSR count). The van der Waals surface area contributed by atoms with E-state index in [1.807, 2.05) is 11.7 Å². The van der Waals surface area contributed by atoms with Crippen LogP contribution < -0.4 is 0 Å². The highest BCUT2D eigenvalue weighted by atomic mass is 31.0. The van der Waals surface area contributed by atoms with Gasteiger partial charge in [0.15, 0.2) is 0 Å². The number of hydrogen-bond acceptors (Lipinski definition) is 2. The van der Waals surface area contributed by atoms with Gasteiger partial charge in [0.25, 0.3) is 0 Å². The average Bonchev–Trinajstić information content (AvgIpc) is 1.53. The van der Waals surface area contributed by atoms with Crippen LogP contribution in [0.4, 0.5) is 0 Å². The van der Waals surface area contributed by atoms with Gasteiger partial charge in [0.1, 0.15) is 12.6 Å². The van der Waals surface area contributed by atoms with Crippen LogP contribution in [-0.4, -0.2) is 61.6 Å². The Morgan fingerprint density at radius 1 is 1.45 bits per heavy atom. The van der Waals surface area contributed by atoms with E-state index in [2.05, 4.69) is 30.5 Å². The molecule has 0 spiro atoms. The van der Waals surface area contributed by atoms with Gasteiger partial charge in [-0.25, -0.2) is 0 Å². The zero-order valence-electron chi connectivity index (χ0n) is 7.91. The second-order valence-corrected chi connectivity index (χ2v) is 4.95. The van der Waals surface area contributed by atoms with Crippen molar-refractivity contribution in [2.45, 2.75) is 6.10 Å². The summed E-state index contributed by atoms with van der Waals surface area (Å²) in [6, 6.07) is 0. The molecule has 0 fully saturated rings. The van der Waals surface area contributed by atoms with Crippen LogP contribution in [0.15, 0.2) is 0 Å². The van der Waals surface area contributed by atoms with E-state index in [0.29, 0.717) is 6.54 Å². The molecule has 11 heavy (non-hydrogen) atoms. The zero-order valence-corrected chi connectivity index (χ0v) is 9.07. The Kier molecular flexibility index (Phi) is 4.49. The number of aliphatic hydroxyl groups excluding tert-OH is 1. The van der Waals surface area contributed by atoms with E-state index >= 15 is 0 Å². The lowest BCUT2D eigenvalue weighted by molar-refractivity contribution is -0.873. The molecule has 2 atom stereocenters. The highest BCUT2D eigenvalue weighted by Gasteiger charge is 2.15. The second-order valence-electron chi connectivity index (χ2n) is 4.07. The molecule has 0 amide bonds. The van der Waals surface area contributed by atoms with Crippen LogP contribution in [0.5, 0.6) is 0 Å². The third-order valence-electron chi connectivity index (χ3n) is 1.26. The van der Waals surface area contributed by atoms with Crippen molar-refractivity contribution < 1.29 is 9.59 Å². The van der Waals surface area contributed by atoms with Crippen molar-refractivity contribution in [2.24, 2.45) is 0 Å². The topological polar surface area (TPSA) is 23.5 Å². The standard InChI is InChI=1S/C7H20N2OP/c1-8(11)5-7(10)6-9(2,3)4/h7,10H,5-6,11H2,1-4H3/q+1. The summed E-state index contributed by atoms with van der Waals surface area (Å²) in [7, 11) is 10.7. The quantitative estimate of drug-likeness (QED) is 0.476. The summed E-state index contributed by atoms with van der Waals surface area (Å²) < 4.78 is 2.72. The van der Waals surface area contributed by atoms with Gasteiger partial charge in [-0.1, -0.05) is 9.39 Å². The molecule has 0 heterocycles. The molecule has 4 heteroatoms. The lowest BCUT2D eigenvalue weighted by atomic mass is 10.3. The Morgan fingerprint density at radius 3 is 2.18 bits per heavy atom. The number of hydrogen-bond donors (Lipinski definition) is 1. The molecule has 0 radical (unpaired) electrons. The molecule has 0 aliphatic rings. The van der Waals surface area contributed by atoms with Crippen LogP contribution >= 0.6 is 9.39 Å². The number of likely N-dealkylation sites (N-methyl/N-ethyl adjacent to an activating group) is 2. The van der Waals surface area contributed by atoms with E-state index in [1.54, 1.807) is 0 Å². The first-order chi connectivity index (χ1) is 4.81. The molecule has 1 N–H and O–H groups in total. The molecule has 0 bridgehead atoms. The van der Waals surface area contributed by atoms with Crippen molar-refractivity contribution in [3.8, 4) is 0 Å². The number of quaternary nitrogens is 1. The molecule has 0 aliphatic carbocycles. The third-order valence-corrected chi connectivity index (χ3v) is 1.47. The smallest absolute Gasteiger partial charge is 0.116 e. The summed E-state index contributed by atoms with van der Waals surface area (Å²) >= 11 is 0. The number of rotatable bonds is 4. The minimum absolute atomic E-state index is 0.238. The minimum Gasteiger partial charge on any atom is -0.386 e. The predicted molar refractivity (Wildman–Crippen MR) is 51.2 cm³/mol. The summed E-state index contributed by atoms with van der Waals surface area (Å²) in [5.74, 6) is 0. The summed E-state index contributed by atoms with van der Waals surface area (Å²) in [5, 5.41) is 9.48. The molecule has 0 aliphatic heterocycles. The maximum atomic E-state index is 9.48. The lowest BCUT2D eigenvalue weighted by Gasteiger charge is -2.27. The van der Waals surface area contributed by atoms with E-state index in [1.165, 1.54) is 0 Å². The molecule has 0 aromatic rings. The van der Waals surface area contributed by atoms with Crippen molar-refractivity contribution in [1.82, 2.24) is 4.67 Å². The van der Waals surface area contributed by atoms with Crippen LogP contribution in [-0.2, 0) is 0 Å². The van der Waals surface area contributed by atoms with E-state index < -0.39 is 0 Å². The van der Waals surface area contributed by atoms with Gasteiger partial charge < -0.3 is 9.59 Å². The Bertz CT molecular complexity index is 111. The van der Waals surface area contributed by atoms with Gasteiger partial charge in [-0.3, -0.25) is 4.67 Å². The molecular formula is C7H20N2OP+. The maximum absolute atomic E-state index is 9.48. The first-order valence-corrected chi connectivity index (χ1v) is 4.27. The van der Waals surface area contributed by atoms with Crippen LogP contribution in [0.3, 0.4) is 0 Å². The zero-order chi connectivity index (χ0) is 9.07. The number of nitrogens with zero attached hydrogens (tertiary/aromatic N) is 2. The van der Waals surface area contributed by atoms with Crippen molar-refractivity contribution in [1.29, 1.82) is 0 Å². The van der Waals surface area contributed by atoms with E-state index in [0.717, 1.165) is 11.0 Å². The van der Waals surface area contributed by atoms with Gasteiger partial charge in [0.05, 0.1) is 21.1 Å². The minimum atomic E-state index is -0.238. The molecule has 2 unspecified atom stereocenters. The average molecular weight is 179 g/mol. The monoisotopic (exact) mass is 179 g/mol. The SMILES string of the molecule is CN(P)CC(O)C[N+](C)(C)C. The van der Waals surface area contributed by atoms with Gasteiger partial charge in [-0.05, 0) is 7.05 Å². The largest absolute Gasteiger partial charge is 0.386 e. The summed E-state index contributed by atoms with van der Waals surface area (Å²) in [5.41, 5.74) is 0. The molecular weight excluding hydrogens is 159 g/mol. The summed E-state index contributed by atoms with van der Waals surface area (Å²) in [6.07, 6.45) is -0.238. The predicted octanol–water partition coefficient (Wildman–Crippen LogP) is -0.225.